The standard InChI is InChI=1S/C12H27N3O2S/c1-4-6-9-15(12(3)5-2)18(16,17)14-10-7-13-8-11-14/h12-13H,4-11H2,1-3H3. The van der Waals surface area contributed by atoms with Gasteiger partial charge in [0.2, 0.25) is 0 Å². The largest absolute Gasteiger partial charge is 0.314 e. The van der Waals surface area contributed by atoms with Gasteiger partial charge in [0.1, 0.15) is 0 Å². The molecule has 0 saturated carbocycles. The number of nitrogens with zero attached hydrogens (tertiary/aromatic N) is 2. The van der Waals surface area contributed by atoms with Gasteiger partial charge in [-0.15, -0.1) is 0 Å². The van der Waals surface area contributed by atoms with E-state index in [0.717, 1.165) is 32.4 Å². The van der Waals surface area contributed by atoms with E-state index < -0.39 is 10.2 Å². The summed E-state index contributed by atoms with van der Waals surface area (Å²) < 4.78 is 28.5. The highest BCUT2D eigenvalue weighted by molar-refractivity contribution is 7.86. The summed E-state index contributed by atoms with van der Waals surface area (Å²) in [6.45, 7) is 9.43. The Hall–Kier alpha value is -0.170. The van der Waals surface area contributed by atoms with Crippen LogP contribution in [0.5, 0.6) is 0 Å². The predicted molar refractivity (Wildman–Crippen MR) is 74.7 cm³/mol. The van der Waals surface area contributed by atoms with E-state index >= 15 is 0 Å². The van der Waals surface area contributed by atoms with Gasteiger partial charge in [0, 0.05) is 38.8 Å². The van der Waals surface area contributed by atoms with Gasteiger partial charge < -0.3 is 5.32 Å². The molecule has 1 aliphatic heterocycles. The van der Waals surface area contributed by atoms with E-state index in [1.54, 1.807) is 8.61 Å². The van der Waals surface area contributed by atoms with Crippen molar-refractivity contribution in [1.29, 1.82) is 0 Å². The van der Waals surface area contributed by atoms with Crippen molar-refractivity contribution in [3.63, 3.8) is 0 Å². The molecule has 1 atom stereocenters. The van der Waals surface area contributed by atoms with Crippen LogP contribution < -0.4 is 5.32 Å². The van der Waals surface area contributed by atoms with Crippen molar-refractivity contribution in [2.24, 2.45) is 0 Å². The van der Waals surface area contributed by atoms with Gasteiger partial charge >= 0.3 is 0 Å². The third-order valence-corrected chi connectivity index (χ3v) is 5.67. The van der Waals surface area contributed by atoms with Crippen LogP contribution in [0.25, 0.3) is 0 Å². The fraction of sp³-hybridized carbons (Fsp3) is 1.00. The molecule has 1 saturated heterocycles. The summed E-state index contributed by atoms with van der Waals surface area (Å²) >= 11 is 0. The number of unbranched alkanes of at least 4 members (excludes halogenated alkanes) is 1. The summed E-state index contributed by atoms with van der Waals surface area (Å²) in [5.41, 5.74) is 0. The van der Waals surface area contributed by atoms with Crippen molar-refractivity contribution in [3.05, 3.63) is 0 Å². The quantitative estimate of drug-likeness (QED) is 0.756. The molecule has 1 heterocycles. The van der Waals surface area contributed by atoms with E-state index in [0.29, 0.717) is 19.6 Å². The maximum atomic E-state index is 12.6. The van der Waals surface area contributed by atoms with E-state index in [4.69, 9.17) is 0 Å². The molecule has 5 nitrogen and oxygen atoms in total. The summed E-state index contributed by atoms with van der Waals surface area (Å²) in [4.78, 5) is 0. The molecule has 1 unspecified atom stereocenters. The van der Waals surface area contributed by atoms with Gasteiger partial charge in [0.25, 0.3) is 10.2 Å². The molecule has 0 radical (unpaired) electrons. The van der Waals surface area contributed by atoms with Gasteiger partial charge in [-0.05, 0) is 19.8 Å². The smallest absolute Gasteiger partial charge is 0.282 e. The second-order valence-electron chi connectivity index (χ2n) is 4.88. The Balaban J connectivity index is 2.80. The van der Waals surface area contributed by atoms with Gasteiger partial charge in [-0.3, -0.25) is 0 Å². The second kappa shape index (κ2) is 7.43. The van der Waals surface area contributed by atoms with Crippen molar-refractivity contribution < 1.29 is 8.42 Å². The van der Waals surface area contributed by atoms with E-state index in [2.05, 4.69) is 12.2 Å². The van der Waals surface area contributed by atoms with E-state index in [-0.39, 0.29) is 6.04 Å². The Bertz CT molecular complexity index is 326. The fourth-order valence-electron chi connectivity index (χ4n) is 2.10. The highest BCUT2D eigenvalue weighted by Crippen LogP contribution is 2.16. The van der Waals surface area contributed by atoms with Crippen LogP contribution in [0.15, 0.2) is 0 Å². The molecule has 108 valence electrons. The van der Waals surface area contributed by atoms with Gasteiger partial charge in [-0.1, -0.05) is 20.3 Å². The van der Waals surface area contributed by atoms with E-state index in [9.17, 15) is 8.42 Å². The van der Waals surface area contributed by atoms with Crippen LogP contribution in [0, 0.1) is 0 Å². The molecule has 0 spiro atoms. The first kappa shape index (κ1) is 15.9. The topological polar surface area (TPSA) is 52.7 Å². The van der Waals surface area contributed by atoms with Gasteiger partial charge in [-0.25, -0.2) is 0 Å². The third-order valence-electron chi connectivity index (χ3n) is 3.51. The molecule has 1 aliphatic rings. The Morgan fingerprint density at radius 3 is 2.39 bits per heavy atom. The fourth-order valence-corrected chi connectivity index (χ4v) is 4.01. The Morgan fingerprint density at radius 1 is 1.28 bits per heavy atom. The van der Waals surface area contributed by atoms with E-state index in [1.807, 2.05) is 13.8 Å². The molecule has 1 fully saturated rings. The zero-order valence-electron chi connectivity index (χ0n) is 11.9. The van der Waals surface area contributed by atoms with E-state index in [1.165, 1.54) is 0 Å². The molecule has 18 heavy (non-hydrogen) atoms. The maximum absolute atomic E-state index is 12.6. The Kier molecular flexibility index (Phi) is 6.55. The average Bonchev–Trinajstić information content (AvgIpc) is 2.39. The molecule has 0 bridgehead atoms. The minimum Gasteiger partial charge on any atom is -0.314 e. The third kappa shape index (κ3) is 3.91. The zero-order chi connectivity index (χ0) is 13.6. The second-order valence-corrected chi connectivity index (χ2v) is 6.76. The molecule has 0 aromatic carbocycles. The molecular weight excluding hydrogens is 250 g/mol. The molecular formula is C12H27N3O2S. The Labute approximate surface area is 112 Å². The summed E-state index contributed by atoms with van der Waals surface area (Å²) in [7, 11) is -3.28. The number of piperazine rings is 1. The summed E-state index contributed by atoms with van der Waals surface area (Å²) in [5, 5.41) is 3.19. The number of rotatable bonds is 7. The highest BCUT2D eigenvalue weighted by Gasteiger charge is 2.32. The van der Waals surface area contributed by atoms with Gasteiger partial charge in [0.15, 0.2) is 0 Å². The monoisotopic (exact) mass is 277 g/mol. The molecule has 1 rings (SSSR count). The van der Waals surface area contributed by atoms with Crippen molar-refractivity contribution in [3.8, 4) is 0 Å². The van der Waals surface area contributed by atoms with Crippen LogP contribution in [0.3, 0.4) is 0 Å². The van der Waals surface area contributed by atoms with Crippen molar-refractivity contribution in [2.75, 3.05) is 32.7 Å². The van der Waals surface area contributed by atoms with Gasteiger partial charge in [0.05, 0.1) is 0 Å². The lowest BCUT2D eigenvalue weighted by Crippen LogP contribution is -2.53. The first-order valence-corrected chi connectivity index (χ1v) is 8.41. The normalized spacial score (nSPS) is 20.2. The lowest BCUT2D eigenvalue weighted by atomic mass is 10.2. The summed E-state index contributed by atoms with van der Waals surface area (Å²) in [5.74, 6) is 0. The minimum absolute atomic E-state index is 0.0800. The summed E-state index contributed by atoms with van der Waals surface area (Å²) in [6.07, 6.45) is 2.80. The van der Waals surface area contributed by atoms with Gasteiger partial charge in [-0.2, -0.15) is 17.0 Å². The Morgan fingerprint density at radius 2 is 1.89 bits per heavy atom. The van der Waals surface area contributed by atoms with Crippen molar-refractivity contribution in [2.45, 2.75) is 46.1 Å². The molecule has 0 aromatic rings. The SMILES string of the molecule is CCCCN(C(C)CC)S(=O)(=O)N1CCNCC1. The van der Waals surface area contributed by atoms with Crippen LogP contribution in [0.4, 0.5) is 0 Å². The van der Waals surface area contributed by atoms with Crippen LogP contribution in [-0.4, -0.2) is 55.8 Å². The molecule has 6 heteroatoms. The molecule has 0 aliphatic carbocycles. The van der Waals surface area contributed by atoms with Crippen LogP contribution in [0.2, 0.25) is 0 Å². The minimum atomic E-state index is -3.28. The molecule has 0 amide bonds. The highest BCUT2D eigenvalue weighted by atomic mass is 32.2. The lowest BCUT2D eigenvalue weighted by molar-refractivity contribution is 0.273. The first-order chi connectivity index (χ1) is 8.54. The maximum Gasteiger partial charge on any atom is 0.282 e. The number of hydrogen-bond acceptors (Lipinski definition) is 3. The summed E-state index contributed by atoms with van der Waals surface area (Å²) in [6, 6.07) is 0.0800. The van der Waals surface area contributed by atoms with Crippen LogP contribution in [-0.2, 0) is 10.2 Å². The van der Waals surface area contributed by atoms with Crippen molar-refractivity contribution >= 4 is 10.2 Å². The van der Waals surface area contributed by atoms with Crippen LogP contribution >= 0.6 is 0 Å². The molecule has 0 aromatic heterocycles. The predicted octanol–water partition coefficient (Wildman–Crippen LogP) is 1.04. The van der Waals surface area contributed by atoms with Crippen LogP contribution in [0.1, 0.15) is 40.0 Å². The number of hydrogen-bond donors (Lipinski definition) is 1. The lowest BCUT2D eigenvalue weighted by Gasteiger charge is -2.35. The number of nitrogens with one attached hydrogen (secondary N) is 1. The first-order valence-electron chi connectivity index (χ1n) is 7.01. The van der Waals surface area contributed by atoms with Crippen molar-refractivity contribution in [1.82, 2.24) is 13.9 Å². The average molecular weight is 277 g/mol. The zero-order valence-corrected chi connectivity index (χ0v) is 12.7. The molecule has 1 N–H and O–H groups in total.